The van der Waals surface area contributed by atoms with Crippen LogP contribution in [0.3, 0.4) is 0 Å². The molecule has 1 amide bonds. The maximum atomic E-state index is 12.1. The predicted octanol–water partition coefficient (Wildman–Crippen LogP) is 3.13. The number of cyclic esters (lactones) is 1. The quantitative estimate of drug-likeness (QED) is 0.943. The first-order valence-electron chi connectivity index (χ1n) is 7.32. The van der Waals surface area contributed by atoms with E-state index in [2.05, 4.69) is 0 Å². The SMILES string of the molecule is C[C@@]1([C@H](O)c2ccccc2)COC(=O)N1Cc1ccccc1. The second-order valence-corrected chi connectivity index (χ2v) is 5.80. The molecule has 1 aliphatic rings. The summed E-state index contributed by atoms with van der Waals surface area (Å²) in [5, 5.41) is 10.8. The van der Waals surface area contributed by atoms with E-state index < -0.39 is 11.6 Å². The molecule has 1 aliphatic heterocycles. The van der Waals surface area contributed by atoms with Crippen molar-refractivity contribution >= 4 is 6.09 Å². The Kier molecular flexibility index (Phi) is 3.86. The average Bonchev–Trinajstić information content (AvgIpc) is 2.85. The van der Waals surface area contributed by atoms with Crippen LogP contribution in [-0.4, -0.2) is 28.2 Å². The van der Waals surface area contributed by atoms with Crippen LogP contribution in [0.5, 0.6) is 0 Å². The Balaban J connectivity index is 1.88. The summed E-state index contributed by atoms with van der Waals surface area (Å²) in [5.74, 6) is 0. The minimum absolute atomic E-state index is 0.175. The first-order valence-corrected chi connectivity index (χ1v) is 7.32. The second kappa shape index (κ2) is 5.81. The molecule has 2 aromatic rings. The summed E-state index contributed by atoms with van der Waals surface area (Å²) < 4.78 is 5.22. The number of nitrogens with zero attached hydrogens (tertiary/aromatic N) is 1. The van der Waals surface area contributed by atoms with E-state index in [1.54, 1.807) is 4.90 Å². The maximum absolute atomic E-state index is 12.1. The highest BCUT2D eigenvalue weighted by Crippen LogP contribution is 2.37. The largest absolute Gasteiger partial charge is 0.447 e. The average molecular weight is 297 g/mol. The molecule has 0 aromatic heterocycles. The topological polar surface area (TPSA) is 49.8 Å². The van der Waals surface area contributed by atoms with Gasteiger partial charge in [-0.05, 0) is 18.1 Å². The van der Waals surface area contributed by atoms with E-state index in [1.165, 1.54) is 0 Å². The summed E-state index contributed by atoms with van der Waals surface area (Å²) in [7, 11) is 0. The molecular formula is C18H19NO3. The molecule has 4 nitrogen and oxygen atoms in total. The number of hydrogen-bond donors (Lipinski definition) is 1. The van der Waals surface area contributed by atoms with Crippen molar-refractivity contribution in [2.24, 2.45) is 0 Å². The van der Waals surface area contributed by atoms with Crippen LogP contribution in [0.2, 0.25) is 0 Å². The van der Waals surface area contributed by atoms with Gasteiger partial charge < -0.3 is 9.84 Å². The molecule has 22 heavy (non-hydrogen) atoms. The highest BCUT2D eigenvalue weighted by molar-refractivity contribution is 5.71. The van der Waals surface area contributed by atoms with Crippen molar-refractivity contribution in [1.82, 2.24) is 4.90 Å². The summed E-state index contributed by atoms with van der Waals surface area (Å²) in [6, 6.07) is 19.1. The van der Waals surface area contributed by atoms with Crippen LogP contribution >= 0.6 is 0 Å². The van der Waals surface area contributed by atoms with Gasteiger partial charge in [-0.2, -0.15) is 0 Å². The van der Waals surface area contributed by atoms with Gasteiger partial charge in [-0.1, -0.05) is 60.7 Å². The molecule has 0 saturated carbocycles. The lowest BCUT2D eigenvalue weighted by Crippen LogP contribution is -2.48. The Morgan fingerprint density at radius 1 is 1.14 bits per heavy atom. The zero-order chi connectivity index (χ0) is 15.6. The lowest BCUT2D eigenvalue weighted by atomic mass is 9.89. The number of benzene rings is 2. The third kappa shape index (κ3) is 2.57. The van der Waals surface area contributed by atoms with Crippen molar-refractivity contribution in [2.45, 2.75) is 25.1 Å². The third-order valence-electron chi connectivity index (χ3n) is 4.21. The normalized spacial score (nSPS) is 22.5. The molecule has 4 heteroatoms. The van der Waals surface area contributed by atoms with Crippen molar-refractivity contribution in [2.75, 3.05) is 6.61 Å². The van der Waals surface area contributed by atoms with E-state index in [4.69, 9.17) is 4.74 Å². The molecule has 1 fully saturated rings. The number of carbonyl (C=O) groups is 1. The van der Waals surface area contributed by atoms with Crippen LogP contribution in [0.1, 0.15) is 24.2 Å². The Bertz CT molecular complexity index is 644. The molecular weight excluding hydrogens is 278 g/mol. The molecule has 0 bridgehead atoms. The van der Waals surface area contributed by atoms with Crippen molar-refractivity contribution in [1.29, 1.82) is 0 Å². The summed E-state index contributed by atoms with van der Waals surface area (Å²) in [4.78, 5) is 13.7. The highest BCUT2D eigenvalue weighted by atomic mass is 16.6. The van der Waals surface area contributed by atoms with Crippen LogP contribution in [0, 0.1) is 0 Å². The zero-order valence-electron chi connectivity index (χ0n) is 12.5. The molecule has 0 unspecified atom stereocenters. The Hall–Kier alpha value is -2.33. The molecule has 1 heterocycles. The summed E-state index contributed by atoms with van der Waals surface area (Å²) in [6.07, 6.45) is -1.19. The van der Waals surface area contributed by atoms with Gasteiger partial charge in [0.25, 0.3) is 0 Å². The molecule has 0 spiro atoms. The van der Waals surface area contributed by atoms with E-state index in [-0.39, 0.29) is 12.7 Å². The number of aliphatic hydroxyl groups is 1. The van der Waals surface area contributed by atoms with E-state index in [9.17, 15) is 9.90 Å². The van der Waals surface area contributed by atoms with Gasteiger partial charge in [0.05, 0.1) is 0 Å². The molecule has 0 aliphatic carbocycles. The van der Waals surface area contributed by atoms with Gasteiger partial charge in [-0.15, -0.1) is 0 Å². The Morgan fingerprint density at radius 3 is 2.36 bits per heavy atom. The minimum Gasteiger partial charge on any atom is -0.447 e. The monoisotopic (exact) mass is 297 g/mol. The number of ether oxygens (including phenoxy) is 1. The van der Waals surface area contributed by atoms with Gasteiger partial charge in [0.15, 0.2) is 0 Å². The van der Waals surface area contributed by atoms with Gasteiger partial charge >= 0.3 is 6.09 Å². The van der Waals surface area contributed by atoms with Crippen LogP contribution in [0.15, 0.2) is 60.7 Å². The lowest BCUT2D eigenvalue weighted by molar-refractivity contribution is 0.0152. The van der Waals surface area contributed by atoms with E-state index in [0.717, 1.165) is 11.1 Å². The fourth-order valence-corrected chi connectivity index (χ4v) is 2.80. The number of rotatable bonds is 4. The highest BCUT2D eigenvalue weighted by Gasteiger charge is 2.49. The first kappa shape index (κ1) is 14.6. The van der Waals surface area contributed by atoms with Crippen molar-refractivity contribution in [3.8, 4) is 0 Å². The molecule has 3 rings (SSSR count). The van der Waals surface area contributed by atoms with E-state index in [1.807, 2.05) is 67.6 Å². The van der Waals surface area contributed by atoms with Gasteiger partial charge in [-0.25, -0.2) is 4.79 Å². The van der Waals surface area contributed by atoms with Crippen molar-refractivity contribution < 1.29 is 14.6 Å². The zero-order valence-corrected chi connectivity index (χ0v) is 12.5. The fourth-order valence-electron chi connectivity index (χ4n) is 2.80. The summed E-state index contributed by atoms with van der Waals surface area (Å²) in [5.41, 5.74) is 1.00. The van der Waals surface area contributed by atoms with Crippen LogP contribution in [0.25, 0.3) is 0 Å². The number of amides is 1. The molecule has 0 radical (unpaired) electrons. The lowest BCUT2D eigenvalue weighted by Gasteiger charge is -2.36. The van der Waals surface area contributed by atoms with E-state index in [0.29, 0.717) is 6.54 Å². The number of carbonyl (C=O) groups excluding carboxylic acids is 1. The summed E-state index contributed by atoms with van der Waals surface area (Å²) in [6.45, 7) is 2.45. The van der Waals surface area contributed by atoms with Crippen LogP contribution < -0.4 is 0 Å². The molecule has 114 valence electrons. The Morgan fingerprint density at radius 2 is 1.73 bits per heavy atom. The van der Waals surface area contributed by atoms with Gasteiger partial charge in [0, 0.05) is 6.54 Å². The maximum Gasteiger partial charge on any atom is 0.410 e. The standard InChI is InChI=1S/C18H19NO3/c1-18(16(20)15-10-6-3-7-11-15)13-22-17(21)19(18)12-14-8-4-2-5-9-14/h2-11,16,20H,12-13H2,1H3/t16-,18+/m1/s1. The van der Waals surface area contributed by atoms with Crippen molar-refractivity contribution in [3.63, 3.8) is 0 Å². The first-order chi connectivity index (χ1) is 10.6. The second-order valence-electron chi connectivity index (χ2n) is 5.80. The molecule has 1 N–H and O–H groups in total. The van der Waals surface area contributed by atoms with Crippen LogP contribution in [-0.2, 0) is 11.3 Å². The van der Waals surface area contributed by atoms with Gasteiger partial charge in [0.1, 0.15) is 18.2 Å². The minimum atomic E-state index is -0.802. The smallest absolute Gasteiger partial charge is 0.410 e. The Labute approximate surface area is 130 Å². The number of aliphatic hydroxyl groups excluding tert-OH is 1. The van der Waals surface area contributed by atoms with Gasteiger partial charge in [-0.3, -0.25) is 4.90 Å². The van der Waals surface area contributed by atoms with Crippen molar-refractivity contribution in [3.05, 3.63) is 71.8 Å². The fraction of sp³-hybridized carbons (Fsp3) is 0.278. The molecule has 1 saturated heterocycles. The third-order valence-corrected chi connectivity index (χ3v) is 4.21. The van der Waals surface area contributed by atoms with E-state index >= 15 is 0 Å². The predicted molar refractivity (Wildman–Crippen MR) is 83.1 cm³/mol. The summed E-state index contributed by atoms with van der Waals surface area (Å²) >= 11 is 0. The molecule has 2 aromatic carbocycles. The number of hydrogen-bond acceptors (Lipinski definition) is 3. The van der Waals surface area contributed by atoms with Gasteiger partial charge in [0.2, 0.25) is 0 Å². The van der Waals surface area contributed by atoms with Crippen LogP contribution in [0.4, 0.5) is 4.79 Å². The molecule has 2 atom stereocenters.